The van der Waals surface area contributed by atoms with Crippen LogP contribution in [0, 0.1) is 0 Å². The second-order valence-corrected chi connectivity index (χ2v) is 7.01. The van der Waals surface area contributed by atoms with E-state index in [4.69, 9.17) is 9.05 Å². The molecule has 0 saturated heterocycles. The topological polar surface area (TPSA) is 35.5 Å². The summed E-state index contributed by atoms with van der Waals surface area (Å²) in [6.07, 6.45) is 0. The van der Waals surface area contributed by atoms with Crippen LogP contribution in [0.2, 0.25) is 0 Å². The zero-order valence-corrected chi connectivity index (χ0v) is 15.1. The van der Waals surface area contributed by atoms with Gasteiger partial charge in [0, 0.05) is 4.57 Å². The monoisotopic (exact) mass is 361 g/mol. The normalized spacial score (nSPS) is 11.1. The molecule has 0 spiro atoms. The summed E-state index contributed by atoms with van der Waals surface area (Å²) in [6, 6.07) is 28.2. The molecule has 0 amide bonds. The summed E-state index contributed by atoms with van der Waals surface area (Å²) >= 11 is 0. The van der Waals surface area contributed by atoms with E-state index in [2.05, 4.69) is 24.3 Å². The first-order valence-corrected chi connectivity index (χ1v) is 9.57. The molecule has 0 atom stereocenters. The summed E-state index contributed by atoms with van der Waals surface area (Å²) in [4.78, 5) is 0. The molecule has 4 rings (SSSR count). The van der Waals surface area contributed by atoms with Crippen molar-refractivity contribution in [1.82, 2.24) is 0 Å². The van der Waals surface area contributed by atoms with Gasteiger partial charge in [-0.15, -0.1) is 9.05 Å². The van der Waals surface area contributed by atoms with E-state index in [1.54, 1.807) is 0 Å². The van der Waals surface area contributed by atoms with Crippen LogP contribution in [0.15, 0.2) is 84.9 Å². The van der Waals surface area contributed by atoms with Crippen molar-refractivity contribution >= 4 is 29.8 Å². The molecule has 4 aromatic rings. The predicted molar refractivity (Wildman–Crippen MR) is 105 cm³/mol. The summed E-state index contributed by atoms with van der Waals surface area (Å²) in [5.41, 5.74) is 2.00. The molecule has 0 aliphatic carbocycles. The lowest BCUT2D eigenvalue weighted by Gasteiger charge is -2.03. The van der Waals surface area contributed by atoms with Crippen LogP contribution in [0.25, 0.3) is 21.5 Å². The molecule has 128 valence electrons. The van der Waals surface area contributed by atoms with Crippen LogP contribution in [-0.4, -0.2) is 0 Å². The molecular weight excluding hydrogens is 343 g/mol. The minimum Gasteiger partial charge on any atom is -0.114 e. The van der Waals surface area contributed by atoms with E-state index in [-0.39, 0.29) is 13.2 Å². The summed E-state index contributed by atoms with van der Waals surface area (Å²) < 4.78 is 23.1. The molecule has 0 aliphatic rings. The molecule has 0 fully saturated rings. The van der Waals surface area contributed by atoms with Gasteiger partial charge < -0.3 is 0 Å². The van der Waals surface area contributed by atoms with Gasteiger partial charge in [0.05, 0.1) is 0 Å². The highest BCUT2D eigenvalue weighted by atomic mass is 31.1. The van der Waals surface area contributed by atoms with Crippen molar-refractivity contribution in [2.45, 2.75) is 13.2 Å². The molecule has 0 aliphatic heterocycles. The second kappa shape index (κ2) is 7.76. The highest BCUT2D eigenvalue weighted by Crippen LogP contribution is 2.30. The second-order valence-electron chi connectivity index (χ2n) is 6.05. The van der Waals surface area contributed by atoms with Gasteiger partial charge in [0.15, 0.2) is 0 Å². The van der Waals surface area contributed by atoms with E-state index >= 15 is 0 Å². The fourth-order valence-electron chi connectivity index (χ4n) is 3.12. The predicted octanol–water partition coefficient (Wildman–Crippen LogP) is 6.38. The number of rotatable bonds is 6. The fraction of sp³-hybridized carbons (Fsp3) is 0.0909. The number of fused-ring (bicyclic) bond motifs is 2. The first-order valence-electron chi connectivity index (χ1n) is 8.47. The van der Waals surface area contributed by atoms with Crippen molar-refractivity contribution in [3.63, 3.8) is 0 Å². The standard InChI is InChI=1S/C22H18O3P/c23-26(24-15-19-11-5-9-17-7-1-3-13-21(17)19)25-16-20-12-6-10-18-8-2-4-14-22(18)20/h1-14H,15-16H2/q+1. The van der Waals surface area contributed by atoms with Gasteiger partial charge in [0.2, 0.25) is 0 Å². The lowest BCUT2D eigenvalue weighted by atomic mass is 10.1. The highest BCUT2D eigenvalue weighted by molar-refractivity contribution is 7.33. The van der Waals surface area contributed by atoms with Gasteiger partial charge in [-0.25, -0.2) is 0 Å². The van der Waals surface area contributed by atoms with Crippen molar-refractivity contribution in [1.29, 1.82) is 0 Å². The molecular formula is C22H18O3P+. The van der Waals surface area contributed by atoms with E-state index in [0.717, 1.165) is 32.7 Å². The average Bonchev–Trinajstić information content (AvgIpc) is 2.70. The molecule has 26 heavy (non-hydrogen) atoms. The minimum absolute atomic E-state index is 0.256. The molecule has 0 unspecified atom stereocenters. The van der Waals surface area contributed by atoms with E-state index in [1.165, 1.54) is 0 Å². The Morgan fingerprint density at radius 2 is 1.00 bits per heavy atom. The molecule has 4 heteroatoms. The van der Waals surface area contributed by atoms with Crippen LogP contribution < -0.4 is 0 Å². The van der Waals surface area contributed by atoms with Crippen LogP contribution >= 0.6 is 8.25 Å². The Hall–Kier alpha value is -2.58. The highest BCUT2D eigenvalue weighted by Gasteiger charge is 2.21. The van der Waals surface area contributed by atoms with Crippen molar-refractivity contribution < 1.29 is 13.6 Å². The van der Waals surface area contributed by atoms with Gasteiger partial charge in [-0.1, -0.05) is 84.9 Å². The third-order valence-corrected chi connectivity index (χ3v) is 5.09. The zero-order chi connectivity index (χ0) is 17.8. The fourth-order valence-corrected chi connectivity index (χ4v) is 3.68. The quantitative estimate of drug-likeness (QED) is 0.374. The van der Waals surface area contributed by atoms with Crippen molar-refractivity contribution in [2.75, 3.05) is 0 Å². The number of hydrogen-bond acceptors (Lipinski definition) is 3. The molecule has 0 saturated carbocycles. The minimum atomic E-state index is -2.19. The maximum atomic E-state index is 12.2. The third-order valence-electron chi connectivity index (χ3n) is 4.41. The van der Waals surface area contributed by atoms with Crippen LogP contribution in [0.3, 0.4) is 0 Å². The lowest BCUT2D eigenvalue weighted by molar-refractivity contribution is 0.214. The number of benzene rings is 4. The molecule has 0 bridgehead atoms. The summed E-state index contributed by atoms with van der Waals surface area (Å²) in [7, 11) is -2.19. The summed E-state index contributed by atoms with van der Waals surface area (Å²) in [6.45, 7) is 0.512. The Labute approximate surface area is 153 Å². The molecule has 0 N–H and O–H groups in total. The largest absolute Gasteiger partial charge is 0.698 e. The Morgan fingerprint density at radius 3 is 1.50 bits per heavy atom. The SMILES string of the molecule is O=[P+](OCc1cccc2ccccc12)OCc1cccc2ccccc12. The van der Waals surface area contributed by atoms with Crippen LogP contribution in [0.5, 0.6) is 0 Å². The van der Waals surface area contributed by atoms with E-state index in [1.807, 2.05) is 60.7 Å². The smallest absolute Gasteiger partial charge is 0.114 e. The van der Waals surface area contributed by atoms with Crippen LogP contribution in [0.1, 0.15) is 11.1 Å². The average molecular weight is 361 g/mol. The maximum absolute atomic E-state index is 12.2. The third kappa shape index (κ3) is 3.66. The van der Waals surface area contributed by atoms with E-state index in [9.17, 15) is 4.57 Å². The van der Waals surface area contributed by atoms with Gasteiger partial charge in [-0.2, -0.15) is 0 Å². The summed E-state index contributed by atoms with van der Waals surface area (Å²) in [5.74, 6) is 0. The van der Waals surface area contributed by atoms with E-state index < -0.39 is 8.25 Å². The zero-order valence-electron chi connectivity index (χ0n) is 14.2. The Bertz CT molecular complexity index is 979. The van der Waals surface area contributed by atoms with Crippen molar-refractivity contribution in [3.05, 3.63) is 96.1 Å². The Morgan fingerprint density at radius 1 is 0.577 bits per heavy atom. The maximum Gasteiger partial charge on any atom is 0.698 e. The van der Waals surface area contributed by atoms with Gasteiger partial charge in [0.1, 0.15) is 13.2 Å². The summed E-state index contributed by atoms with van der Waals surface area (Å²) in [5, 5.41) is 4.49. The first-order chi connectivity index (χ1) is 12.8. The molecule has 0 aromatic heterocycles. The molecule has 4 aromatic carbocycles. The lowest BCUT2D eigenvalue weighted by Crippen LogP contribution is -1.92. The van der Waals surface area contributed by atoms with Gasteiger partial charge in [0.25, 0.3) is 0 Å². The first kappa shape index (κ1) is 16.9. The van der Waals surface area contributed by atoms with Crippen molar-refractivity contribution in [2.24, 2.45) is 0 Å². The molecule has 3 nitrogen and oxygen atoms in total. The van der Waals surface area contributed by atoms with E-state index in [0.29, 0.717) is 0 Å². The Kier molecular flexibility index (Phi) is 5.03. The van der Waals surface area contributed by atoms with Crippen molar-refractivity contribution in [3.8, 4) is 0 Å². The Balaban J connectivity index is 1.41. The van der Waals surface area contributed by atoms with Gasteiger partial charge in [-0.3, -0.25) is 0 Å². The van der Waals surface area contributed by atoms with Crippen LogP contribution in [0.4, 0.5) is 0 Å². The number of hydrogen-bond donors (Lipinski definition) is 0. The molecule has 0 radical (unpaired) electrons. The van der Waals surface area contributed by atoms with Crippen LogP contribution in [-0.2, 0) is 26.8 Å². The van der Waals surface area contributed by atoms with Gasteiger partial charge in [-0.05, 0) is 32.7 Å². The van der Waals surface area contributed by atoms with Gasteiger partial charge >= 0.3 is 8.25 Å². The molecule has 0 heterocycles.